The molecule has 8 nitrogen and oxygen atoms in total. The van der Waals surface area contributed by atoms with E-state index in [1.807, 2.05) is 39.0 Å². The summed E-state index contributed by atoms with van der Waals surface area (Å²) in [4.78, 5) is 28.4. The third kappa shape index (κ3) is 4.41. The van der Waals surface area contributed by atoms with Gasteiger partial charge in [0.2, 0.25) is 0 Å². The fourth-order valence-electron chi connectivity index (χ4n) is 5.00. The number of alkyl halides is 1. The van der Waals surface area contributed by atoms with Crippen molar-refractivity contribution in [3.8, 4) is 0 Å². The van der Waals surface area contributed by atoms with Crippen molar-refractivity contribution in [2.45, 2.75) is 77.1 Å². The Morgan fingerprint density at radius 2 is 2.03 bits per heavy atom. The molecule has 0 saturated heterocycles. The van der Waals surface area contributed by atoms with Gasteiger partial charge in [0.1, 0.15) is 12.3 Å². The molecule has 2 heterocycles. The van der Waals surface area contributed by atoms with Gasteiger partial charge >= 0.3 is 6.09 Å². The number of fused-ring (bicyclic) bond motifs is 2. The van der Waals surface area contributed by atoms with Crippen molar-refractivity contribution in [1.82, 2.24) is 20.1 Å². The fourth-order valence-corrected chi connectivity index (χ4v) is 5.00. The van der Waals surface area contributed by atoms with Gasteiger partial charge in [0.15, 0.2) is 0 Å². The first-order valence-corrected chi connectivity index (χ1v) is 12.1. The molecule has 1 amide bonds. The predicted molar refractivity (Wildman–Crippen MR) is 125 cm³/mol. The van der Waals surface area contributed by atoms with Crippen LogP contribution in [0.15, 0.2) is 24.4 Å². The molecule has 0 bridgehead atoms. The maximum absolute atomic E-state index is 13.8. The molecule has 9 heteroatoms. The van der Waals surface area contributed by atoms with Crippen molar-refractivity contribution in [1.29, 1.82) is 0 Å². The molecule has 1 fully saturated rings. The maximum atomic E-state index is 13.8. The molecular weight excluding hydrogens is 437 g/mol. The van der Waals surface area contributed by atoms with Crippen LogP contribution >= 0.6 is 0 Å². The average molecular weight is 470 g/mol. The number of aryl methyl sites for hydroxylation is 1. The summed E-state index contributed by atoms with van der Waals surface area (Å²) in [5.74, 6) is 0.0382. The van der Waals surface area contributed by atoms with Gasteiger partial charge in [-0.2, -0.15) is 9.78 Å². The summed E-state index contributed by atoms with van der Waals surface area (Å²) in [6, 6.07) is 5.98. The standard InChI is InChI=1S/C25H32FN5O3/c1-25(2,3)34-24(33)30-15-16-13-18(9-10-21(16)28-30)31(17-7-8-17)23(32)19-5-4-6-22-20(19)14-27-29(22)12-11-26/h4-6,15,17-18,27H,7-14H2,1-3H3. The lowest BCUT2D eigenvalue weighted by Crippen LogP contribution is -2.45. The summed E-state index contributed by atoms with van der Waals surface area (Å²) in [5.41, 5.74) is 6.99. The van der Waals surface area contributed by atoms with Crippen LogP contribution in [0.1, 0.15) is 67.2 Å². The van der Waals surface area contributed by atoms with Crippen molar-refractivity contribution >= 4 is 17.7 Å². The Kier molecular flexibility index (Phi) is 5.83. The summed E-state index contributed by atoms with van der Waals surface area (Å²) < 4.78 is 19.7. The van der Waals surface area contributed by atoms with E-state index in [2.05, 4.69) is 15.4 Å². The molecule has 1 aromatic carbocycles. The normalized spacial score (nSPS) is 19.5. The second-order valence-corrected chi connectivity index (χ2v) is 10.3. The second-order valence-electron chi connectivity index (χ2n) is 10.3. The highest BCUT2D eigenvalue weighted by atomic mass is 19.1. The zero-order chi connectivity index (χ0) is 24.0. The number of hydrogen-bond donors (Lipinski definition) is 1. The summed E-state index contributed by atoms with van der Waals surface area (Å²) in [6.07, 6.45) is 5.47. The molecule has 5 rings (SSSR count). The Hall–Kier alpha value is -2.94. The molecule has 1 unspecified atom stereocenters. The number of anilines is 1. The fraction of sp³-hybridized carbons (Fsp3) is 0.560. The first kappa shape index (κ1) is 22.8. The molecule has 1 N–H and O–H groups in total. The van der Waals surface area contributed by atoms with Crippen LogP contribution in [0.4, 0.5) is 14.9 Å². The SMILES string of the molecule is CC(C)(C)OC(=O)n1cc2c(n1)CCC(N(C(=O)c1cccc3c1CNN3CCF)C1CC1)C2. The van der Waals surface area contributed by atoms with Gasteiger partial charge in [-0.3, -0.25) is 4.79 Å². The van der Waals surface area contributed by atoms with E-state index < -0.39 is 18.4 Å². The smallest absolute Gasteiger partial charge is 0.435 e. The van der Waals surface area contributed by atoms with Gasteiger partial charge in [-0.25, -0.2) is 14.6 Å². The van der Waals surface area contributed by atoms with Crippen LogP contribution in [0, 0.1) is 0 Å². The number of carbonyl (C=O) groups excluding carboxylic acids is 2. The minimum atomic E-state index is -0.591. The second kappa shape index (κ2) is 8.69. The largest absolute Gasteiger partial charge is 0.442 e. The zero-order valence-corrected chi connectivity index (χ0v) is 20.0. The molecule has 2 aromatic rings. The highest BCUT2D eigenvalue weighted by molar-refractivity contribution is 5.98. The lowest BCUT2D eigenvalue weighted by molar-refractivity contribution is 0.0513. The van der Waals surface area contributed by atoms with Crippen LogP contribution in [0.3, 0.4) is 0 Å². The molecule has 3 aliphatic rings. The van der Waals surface area contributed by atoms with Crippen molar-refractivity contribution in [2.24, 2.45) is 0 Å². The van der Waals surface area contributed by atoms with E-state index in [9.17, 15) is 14.0 Å². The summed E-state index contributed by atoms with van der Waals surface area (Å²) in [7, 11) is 0. The van der Waals surface area contributed by atoms with Crippen molar-refractivity contribution in [2.75, 3.05) is 18.2 Å². The van der Waals surface area contributed by atoms with Gasteiger partial charge < -0.3 is 14.6 Å². The number of benzene rings is 1. The quantitative estimate of drug-likeness (QED) is 0.721. The van der Waals surface area contributed by atoms with Gasteiger partial charge in [0, 0.05) is 36.0 Å². The van der Waals surface area contributed by atoms with E-state index in [0.29, 0.717) is 24.9 Å². The number of rotatable bonds is 5. The minimum Gasteiger partial charge on any atom is -0.442 e. The summed E-state index contributed by atoms with van der Waals surface area (Å²) in [6.45, 7) is 5.81. The zero-order valence-electron chi connectivity index (χ0n) is 20.0. The molecule has 1 aliphatic heterocycles. The van der Waals surface area contributed by atoms with Crippen molar-refractivity contribution in [3.63, 3.8) is 0 Å². The first-order valence-electron chi connectivity index (χ1n) is 12.1. The van der Waals surface area contributed by atoms with Crippen LogP contribution in [-0.4, -0.2) is 57.6 Å². The Morgan fingerprint density at radius 1 is 1.24 bits per heavy atom. The Labute approximate surface area is 199 Å². The molecule has 34 heavy (non-hydrogen) atoms. The van der Waals surface area contributed by atoms with Crippen LogP contribution < -0.4 is 10.4 Å². The van der Waals surface area contributed by atoms with Gasteiger partial charge in [0.25, 0.3) is 5.91 Å². The molecule has 0 radical (unpaired) electrons. The molecule has 1 atom stereocenters. The number of nitrogens with zero attached hydrogens (tertiary/aromatic N) is 4. The monoisotopic (exact) mass is 469 g/mol. The number of amides is 1. The topological polar surface area (TPSA) is 79.7 Å². The lowest BCUT2D eigenvalue weighted by atomic mass is 9.91. The number of halogens is 1. The van der Waals surface area contributed by atoms with E-state index in [0.717, 1.165) is 41.8 Å². The lowest BCUT2D eigenvalue weighted by Gasteiger charge is -2.34. The van der Waals surface area contributed by atoms with Crippen molar-refractivity contribution < 1.29 is 18.7 Å². The molecule has 1 saturated carbocycles. The first-order chi connectivity index (χ1) is 16.2. The van der Waals surface area contributed by atoms with E-state index in [1.54, 1.807) is 11.2 Å². The van der Waals surface area contributed by atoms with Crippen LogP contribution in [0.25, 0.3) is 0 Å². The molecule has 0 spiro atoms. The number of ether oxygens (including phenoxy) is 1. The third-order valence-corrected chi connectivity index (χ3v) is 6.62. The Balaban J connectivity index is 1.37. The molecule has 1 aromatic heterocycles. The number of nitrogens with one attached hydrogen (secondary N) is 1. The highest BCUT2D eigenvalue weighted by Gasteiger charge is 2.41. The Morgan fingerprint density at radius 3 is 2.74 bits per heavy atom. The third-order valence-electron chi connectivity index (χ3n) is 6.62. The van der Waals surface area contributed by atoms with Gasteiger partial charge in [-0.15, -0.1) is 0 Å². The minimum absolute atomic E-state index is 0.0382. The molecular formula is C25H32FN5O3. The Bertz CT molecular complexity index is 1100. The summed E-state index contributed by atoms with van der Waals surface area (Å²) in [5, 5.41) is 6.24. The molecule has 182 valence electrons. The van der Waals surface area contributed by atoms with E-state index in [-0.39, 0.29) is 24.5 Å². The van der Waals surface area contributed by atoms with E-state index >= 15 is 0 Å². The molecule has 2 aliphatic carbocycles. The van der Waals surface area contributed by atoms with Gasteiger partial charge in [0.05, 0.1) is 17.9 Å². The predicted octanol–water partition coefficient (Wildman–Crippen LogP) is 3.62. The van der Waals surface area contributed by atoms with Crippen molar-refractivity contribution in [3.05, 3.63) is 46.8 Å². The van der Waals surface area contributed by atoms with Crippen LogP contribution in [-0.2, 0) is 24.1 Å². The highest BCUT2D eigenvalue weighted by Crippen LogP contribution is 2.37. The van der Waals surface area contributed by atoms with Gasteiger partial charge in [-0.1, -0.05) is 6.07 Å². The van der Waals surface area contributed by atoms with Crippen LogP contribution in [0.2, 0.25) is 0 Å². The van der Waals surface area contributed by atoms with Crippen LogP contribution in [0.5, 0.6) is 0 Å². The van der Waals surface area contributed by atoms with E-state index in [4.69, 9.17) is 4.74 Å². The number of aromatic nitrogens is 2. The maximum Gasteiger partial charge on any atom is 0.435 e. The number of carbonyl (C=O) groups is 2. The average Bonchev–Trinajstić information content (AvgIpc) is 3.37. The van der Waals surface area contributed by atoms with E-state index in [1.165, 1.54) is 4.68 Å². The number of hydrazine groups is 1. The van der Waals surface area contributed by atoms with Gasteiger partial charge in [-0.05, 0) is 70.6 Å². The summed E-state index contributed by atoms with van der Waals surface area (Å²) >= 11 is 0. The number of hydrogen-bond acceptors (Lipinski definition) is 6.